The molecule has 94 valence electrons. The van der Waals surface area contributed by atoms with Gasteiger partial charge in [0.25, 0.3) is 0 Å². The van der Waals surface area contributed by atoms with Crippen molar-refractivity contribution < 1.29 is 4.92 Å². The Hall–Kier alpha value is -1.69. The summed E-state index contributed by atoms with van der Waals surface area (Å²) in [5, 5.41) is 10.9. The van der Waals surface area contributed by atoms with Crippen LogP contribution in [0.15, 0.2) is 18.3 Å². The van der Waals surface area contributed by atoms with E-state index in [0.29, 0.717) is 18.9 Å². The van der Waals surface area contributed by atoms with Crippen molar-refractivity contribution in [2.75, 3.05) is 25.0 Å². The summed E-state index contributed by atoms with van der Waals surface area (Å²) >= 11 is 0. The first-order valence-electron chi connectivity index (χ1n) is 5.38. The third-order valence-corrected chi connectivity index (χ3v) is 2.54. The molecule has 0 fully saturated rings. The molecular formula is C11H18N4O2. The first-order valence-corrected chi connectivity index (χ1v) is 5.38. The Balaban J connectivity index is 2.96. The molecule has 0 saturated heterocycles. The van der Waals surface area contributed by atoms with Crippen molar-refractivity contribution in [2.24, 2.45) is 11.1 Å². The summed E-state index contributed by atoms with van der Waals surface area (Å²) in [7, 11) is 1.78. The van der Waals surface area contributed by atoms with Crippen LogP contribution in [0.2, 0.25) is 0 Å². The number of nitro groups is 1. The number of rotatable bonds is 5. The van der Waals surface area contributed by atoms with Gasteiger partial charge >= 0.3 is 5.69 Å². The Morgan fingerprint density at radius 3 is 2.76 bits per heavy atom. The number of aromatic nitrogens is 1. The highest BCUT2D eigenvalue weighted by Crippen LogP contribution is 2.26. The fraction of sp³-hybridized carbons (Fsp3) is 0.545. The van der Waals surface area contributed by atoms with E-state index < -0.39 is 4.92 Å². The zero-order valence-electron chi connectivity index (χ0n) is 10.4. The summed E-state index contributed by atoms with van der Waals surface area (Å²) in [5.41, 5.74) is 5.56. The Morgan fingerprint density at radius 1 is 1.59 bits per heavy atom. The van der Waals surface area contributed by atoms with Gasteiger partial charge in [-0.25, -0.2) is 4.98 Å². The second-order valence-electron chi connectivity index (χ2n) is 4.83. The van der Waals surface area contributed by atoms with Crippen LogP contribution in [0.5, 0.6) is 0 Å². The summed E-state index contributed by atoms with van der Waals surface area (Å²) in [5.74, 6) is 0.374. The highest BCUT2D eigenvalue weighted by molar-refractivity contribution is 5.56. The highest BCUT2D eigenvalue weighted by Gasteiger charge is 2.23. The maximum atomic E-state index is 10.9. The van der Waals surface area contributed by atoms with Crippen molar-refractivity contribution in [3.63, 3.8) is 0 Å². The number of hydrogen-bond donors (Lipinski definition) is 1. The highest BCUT2D eigenvalue weighted by atomic mass is 16.6. The molecule has 6 nitrogen and oxygen atoms in total. The number of hydrogen-bond acceptors (Lipinski definition) is 5. The van der Waals surface area contributed by atoms with Crippen LogP contribution in [0, 0.1) is 15.5 Å². The fourth-order valence-electron chi connectivity index (χ4n) is 1.61. The van der Waals surface area contributed by atoms with Gasteiger partial charge in [-0.2, -0.15) is 0 Å². The van der Waals surface area contributed by atoms with Crippen LogP contribution in [0.25, 0.3) is 0 Å². The van der Waals surface area contributed by atoms with Crippen LogP contribution in [0.3, 0.4) is 0 Å². The molecule has 0 aliphatic carbocycles. The first kappa shape index (κ1) is 13.4. The Kier molecular flexibility index (Phi) is 4.01. The molecule has 0 aliphatic heterocycles. The smallest absolute Gasteiger partial charge is 0.311 e. The van der Waals surface area contributed by atoms with E-state index in [0.717, 1.165) is 0 Å². The molecule has 17 heavy (non-hydrogen) atoms. The van der Waals surface area contributed by atoms with E-state index >= 15 is 0 Å². The molecule has 1 rings (SSSR count). The molecule has 0 saturated carbocycles. The van der Waals surface area contributed by atoms with E-state index in [9.17, 15) is 10.1 Å². The lowest BCUT2D eigenvalue weighted by molar-refractivity contribution is -0.384. The Bertz CT molecular complexity index is 406. The molecule has 0 radical (unpaired) electrons. The van der Waals surface area contributed by atoms with Crippen molar-refractivity contribution in [2.45, 2.75) is 13.8 Å². The summed E-state index contributed by atoms with van der Waals surface area (Å²) in [6.07, 6.45) is 1.55. The molecule has 1 aromatic heterocycles. The van der Waals surface area contributed by atoms with Gasteiger partial charge in [0.05, 0.1) is 4.92 Å². The van der Waals surface area contributed by atoms with Crippen molar-refractivity contribution in [3.8, 4) is 0 Å². The monoisotopic (exact) mass is 238 g/mol. The molecule has 0 aromatic carbocycles. The van der Waals surface area contributed by atoms with Gasteiger partial charge < -0.3 is 10.6 Å². The molecule has 0 spiro atoms. The molecule has 0 aliphatic rings. The van der Waals surface area contributed by atoms with Gasteiger partial charge in [-0.1, -0.05) is 13.8 Å². The number of nitrogens with zero attached hydrogens (tertiary/aromatic N) is 3. The van der Waals surface area contributed by atoms with Gasteiger partial charge in [-0.05, 0) is 18.0 Å². The quantitative estimate of drug-likeness (QED) is 0.619. The van der Waals surface area contributed by atoms with Crippen molar-refractivity contribution >= 4 is 11.5 Å². The fourth-order valence-corrected chi connectivity index (χ4v) is 1.61. The van der Waals surface area contributed by atoms with Gasteiger partial charge in [0.2, 0.25) is 5.82 Å². The van der Waals surface area contributed by atoms with Crippen LogP contribution in [0.1, 0.15) is 13.8 Å². The third-order valence-electron chi connectivity index (χ3n) is 2.54. The van der Waals surface area contributed by atoms with Gasteiger partial charge in [-0.3, -0.25) is 10.1 Å². The van der Waals surface area contributed by atoms with Crippen molar-refractivity contribution in [1.29, 1.82) is 0 Å². The van der Waals surface area contributed by atoms with Crippen LogP contribution in [-0.2, 0) is 0 Å². The molecule has 0 amide bonds. The molecule has 2 N–H and O–H groups in total. The molecule has 6 heteroatoms. The van der Waals surface area contributed by atoms with Gasteiger partial charge in [-0.15, -0.1) is 0 Å². The normalized spacial score (nSPS) is 11.3. The van der Waals surface area contributed by atoms with Crippen LogP contribution in [-0.4, -0.2) is 30.0 Å². The zero-order chi connectivity index (χ0) is 13.1. The van der Waals surface area contributed by atoms with Crippen LogP contribution < -0.4 is 10.6 Å². The molecule has 0 unspecified atom stereocenters. The van der Waals surface area contributed by atoms with E-state index in [1.807, 2.05) is 13.8 Å². The summed E-state index contributed by atoms with van der Waals surface area (Å²) in [6, 6.07) is 3.01. The van der Waals surface area contributed by atoms with E-state index in [-0.39, 0.29) is 11.1 Å². The van der Waals surface area contributed by atoms with Crippen molar-refractivity contribution in [3.05, 3.63) is 28.4 Å². The van der Waals surface area contributed by atoms with Crippen LogP contribution in [0.4, 0.5) is 11.5 Å². The van der Waals surface area contributed by atoms with E-state index in [1.165, 1.54) is 6.07 Å². The standard InChI is InChI=1S/C11H18N4O2/c1-11(2,7-12)8-14(3)10-9(15(16)17)5-4-6-13-10/h4-6H,7-8,12H2,1-3H3. The van der Waals surface area contributed by atoms with Crippen molar-refractivity contribution in [1.82, 2.24) is 4.98 Å². The third kappa shape index (κ3) is 3.39. The van der Waals surface area contributed by atoms with E-state index in [4.69, 9.17) is 5.73 Å². The Labute approximate surface area is 101 Å². The number of nitrogens with two attached hydrogens (primary N) is 1. The number of pyridine rings is 1. The minimum Gasteiger partial charge on any atom is -0.353 e. The second kappa shape index (κ2) is 5.09. The first-order chi connectivity index (χ1) is 7.87. The topological polar surface area (TPSA) is 85.3 Å². The number of anilines is 1. The van der Waals surface area contributed by atoms with E-state index in [1.54, 1.807) is 24.2 Å². The van der Waals surface area contributed by atoms with Gasteiger partial charge in [0.15, 0.2) is 0 Å². The molecule has 0 bridgehead atoms. The lowest BCUT2D eigenvalue weighted by Crippen LogP contribution is -2.37. The SMILES string of the molecule is CN(CC(C)(C)CN)c1ncccc1[N+](=O)[O-]. The molecule has 1 aromatic rings. The molecule has 0 atom stereocenters. The van der Waals surface area contributed by atoms with Gasteiger partial charge in [0.1, 0.15) is 0 Å². The summed E-state index contributed by atoms with van der Waals surface area (Å²) in [6.45, 7) is 5.15. The van der Waals surface area contributed by atoms with Crippen LogP contribution >= 0.6 is 0 Å². The van der Waals surface area contributed by atoms with Gasteiger partial charge in [0, 0.05) is 25.9 Å². The predicted molar refractivity (Wildman–Crippen MR) is 67.0 cm³/mol. The molecule has 1 heterocycles. The lowest BCUT2D eigenvalue weighted by Gasteiger charge is -2.29. The summed E-state index contributed by atoms with van der Waals surface area (Å²) < 4.78 is 0. The zero-order valence-corrected chi connectivity index (χ0v) is 10.4. The lowest BCUT2D eigenvalue weighted by atomic mass is 9.93. The maximum Gasteiger partial charge on any atom is 0.311 e. The average Bonchev–Trinajstić information content (AvgIpc) is 2.28. The maximum absolute atomic E-state index is 10.9. The largest absolute Gasteiger partial charge is 0.353 e. The molecular weight excluding hydrogens is 220 g/mol. The second-order valence-corrected chi connectivity index (χ2v) is 4.83. The predicted octanol–water partition coefficient (Wildman–Crippen LogP) is 1.41. The Morgan fingerprint density at radius 2 is 2.24 bits per heavy atom. The van der Waals surface area contributed by atoms with E-state index in [2.05, 4.69) is 4.98 Å². The minimum atomic E-state index is -0.422. The minimum absolute atomic E-state index is 0.0165. The summed E-state index contributed by atoms with van der Waals surface area (Å²) in [4.78, 5) is 16.3. The average molecular weight is 238 g/mol.